The standard InChI is InChI=1S/C9H13NO2S.ClH/c1-3-6-4-5-7(13-6)8(10)9(11)12-2;/h4-5,8H,3,10H2,1-2H3;1H/t8-;/m0./s1. The third-order valence-electron chi connectivity index (χ3n) is 1.79. The Hall–Kier alpha value is -0.580. The molecule has 0 aliphatic heterocycles. The third kappa shape index (κ3) is 2.97. The van der Waals surface area contributed by atoms with Crippen molar-refractivity contribution in [1.29, 1.82) is 0 Å². The number of hydrogen-bond acceptors (Lipinski definition) is 4. The van der Waals surface area contributed by atoms with Crippen molar-refractivity contribution in [1.82, 2.24) is 0 Å². The van der Waals surface area contributed by atoms with Gasteiger partial charge in [0.05, 0.1) is 7.11 Å². The number of thiophene rings is 1. The highest BCUT2D eigenvalue weighted by molar-refractivity contribution is 7.12. The number of carbonyl (C=O) groups is 1. The van der Waals surface area contributed by atoms with Crippen LogP contribution in [0.3, 0.4) is 0 Å². The van der Waals surface area contributed by atoms with Crippen molar-refractivity contribution in [3.8, 4) is 0 Å². The molecule has 0 amide bonds. The van der Waals surface area contributed by atoms with Crippen molar-refractivity contribution in [2.24, 2.45) is 5.73 Å². The molecule has 1 atom stereocenters. The normalized spacial score (nSPS) is 11.6. The lowest BCUT2D eigenvalue weighted by atomic mass is 10.2. The molecule has 5 heteroatoms. The van der Waals surface area contributed by atoms with Gasteiger partial charge in [0.25, 0.3) is 0 Å². The van der Waals surface area contributed by atoms with E-state index in [2.05, 4.69) is 11.7 Å². The molecule has 0 unspecified atom stereocenters. The van der Waals surface area contributed by atoms with Gasteiger partial charge in [-0.25, -0.2) is 4.79 Å². The van der Waals surface area contributed by atoms with E-state index in [0.717, 1.165) is 11.3 Å². The molecule has 0 aliphatic carbocycles. The molecule has 0 aliphatic rings. The van der Waals surface area contributed by atoms with Gasteiger partial charge in [-0.3, -0.25) is 0 Å². The minimum Gasteiger partial charge on any atom is -0.468 e. The van der Waals surface area contributed by atoms with Gasteiger partial charge in [0.15, 0.2) is 0 Å². The van der Waals surface area contributed by atoms with Gasteiger partial charge in [-0.2, -0.15) is 0 Å². The second-order valence-electron chi connectivity index (χ2n) is 2.66. The highest BCUT2D eigenvalue weighted by atomic mass is 35.5. The molecular formula is C9H14ClNO2S. The van der Waals surface area contributed by atoms with E-state index in [9.17, 15) is 4.79 Å². The smallest absolute Gasteiger partial charge is 0.328 e. The van der Waals surface area contributed by atoms with E-state index in [1.165, 1.54) is 12.0 Å². The Bertz CT molecular complexity index is 301. The average Bonchev–Trinajstić information content (AvgIpc) is 2.63. The Balaban J connectivity index is 0.00000169. The maximum absolute atomic E-state index is 11.1. The van der Waals surface area contributed by atoms with Crippen LogP contribution >= 0.6 is 23.7 Å². The number of esters is 1. The van der Waals surface area contributed by atoms with Gasteiger partial charge in [0.2, 0.25) is 0 Å². The predicted molar refractivity (Wildman–Crippen MR) is 59.9 cm³/mol. The van der Waals surface area contributed by atoms with Gasteiger partial charge >= 0.3 is 5.97 Å². The lowest BCUT2D eigenvalue weighted by Crippen LogP contribution is -2.21. The molecule has 1 aromatic heterocycles. The van der Waals surface area contributed by atoms with Crippen molar-refractivity contribution in [2.75, 3.05) is 7.11 Å². The number of methoxy groups -OCH3 is 1. The molecule has 2 N–H and O–H groups in total. The van der Waals surface area contributed by atoms with Crippen LogP contribution in [0, 0.1) is 0 Å². The molecule has 14 heavy (non-hydrogen) atoms. The summed E-state index contributed by atoms with van der Waals surface area (Å²) < 4.78 is 4.55. The van der Waals surface area contributed by atoms with Gasteiger partial charge < -0.3 is 10.5 Å². The molecule has 80 valence electrons. The summed E-state index contributed by atoms with van der Waals surface area (Å²) in [6, 6.07) is 3.24. The van der Waals surface area contributed by atoms with Gasteiger partial charge in [-0.15, -0.1) is 23.7 Å². The highest BCUT2D eigenvalue weighted by Gasteiger charge is 2.17. The second kappa shape index (κ2) is 6.01. The number of halogens is 1. The topological polar surface area (TPSA) is 52.3 Å². The summed E-state index contributed by atoms with van der Waals surface area (Å²) in [5.74, 6) is -0.385. The number of nitrogens with two attached hydrogens (primary N) is 1. The monoisotopic (exact) mass is 235 g/mol. The minimum atomic E-state index is -0.629. The van der Waals surface area contributed by atoms with E-state index in [-0.39, 0.29) is 18.4 Å². The van der Waals surface area contributed by atoms with E-state index in [1.807, 2.05) is 12.1 Å². The number of rotatable bonds is 3. The van der Waals surface area contributed by atoms with Crippen molar-refractivity contribution in [3.63, 3.8) is 0 Å². The first-order chi connectivity index (χ1) is 6.19. The zero-order chi connectivity index (χ0) is 9.84. The molecule has 0 radical (unpaired) electrons. The largest absolute Gasteiger partial charge is 0.468 e. The SMILES string of the molecule is CCc1ccc([C@H](N)C(=O)OC)s1.Cl. The van der Waals surface area contributed by atoms with E-state index >= 15 is 0 Å². The maximum atomic E-state index is 11.1. The van der Waals surface area contributed by atoms with Gasteiger partial charge in [0, 0.05) is 9.75 Å². The summed E-state index contributed by atoms with van der Waals surface area (Å²) in [7, 11) is 1.34. The van der Waals surface area contributed by atoms with Crippen LogP contribution < -0.4 is 5.73 Å². The van der Waals surface area contributed by atoms with Crippen LogP contribution in [-0.2, 0) is 16.0 Å². The van der Waals surface area contributed by atoms with Crippen LogP contribution in [-0.4, -0.2) is 13.1 Å². The van der Waals surface area contributed by atoms with Crippen molar-refractivity contribution in [3.05, 3.63) is 21.9 Å². The summed E-state index contributed by atoms with van der Waals surface area (Å²) in [5.41, 5.74) is 5.65. The Morgan fingerprint density at radius 2 is 2.29 bits per heavy atom. The van der Waals surface area contributed by atoms with Crippen molar-refractivity contribution < 1.29 is 9.53 Å². The summed E-state index contributed by atoms with van der Waals surface area (Å²) in [6.07, 6.45) is 0.971. The number of carbonyl (C=O) groups excluding carboxylic acids is 1. The van der Waals surface area contributed by atoms with E-state index in [1.54, 1.807) is 11.3 Å². The fourth-order valence-corrected chi connectivity index (χ4v) is 1.94. The summed E-state index contributed by atoms with van der Waals surface area (Å²) >= 11 is 1.56. The lowest BCUT2D eigenvalue weighted by molar-refractivity contribution is -0.142. The summed E-state index contributed by atoms with van der Waals surface area (Å²) in [4.78, 5) is 13.2. The quantitative estimate of drug-likeness (QED) is 0.815. The van der Waals surface area contributed by atoms with E-state index in [0.29, 0.717) is 0 Å². The molecule has 1 rings (SSSR count). The van der Waals surface area contributed by atoms with E-state index < -0.39 is 6.04 Å². The molecule has 1 aromatic rings. The molecule has 0 saturated carbocycles. The fraction of sp³-hybridized carbons (Fsp3) is 0.444. The molecule has 3 nitrogen and oxygen atoms in total. The lowest BCUT2D eigenvalue weighted by Gasteiger charge is -2.05. The second-order valence-corrected chi connectivity index (χ2v) is 3.86. The van der Waals surface area contributed by atoms with Gasteiger partial charge in [-0.05, 0) is 18.6 Å². The molecule has 0 aromatic carbocycles. The number of aryl methyl sites for hydroxylation is 1. The zero-order valence-corrected chi connectivity index (χ0v) is 9.78. The van der Waals surface area contributed by atoms with Crippen LogP contribution in [0.5, 0.6) is 0 Å². The number of hydrogen-bond donors (Lipinski definition) is 1. The zero-order valence-electron chi connectivity index (χ0n) is 8.15. The first-order valence-electron chi connectivity index (χ1n) is 4.11. The molecule has 0 saturated heterocycles. The van der Waals surface area contributed by atoms with Gasteiger partial charge in [0.1, 0.15) is 6.04 Å². The Kier molecular flexibility index (Phi) is 5.76. The van der Waals surface area contributed by atoms with Crippen LogP contribution in [0.4, 0.5) is 0 Å². The molecule has 0 fully saturated rings. The van der Waals surface area contributed by atoms with Crippen molar-refractivity contribution >= 4 is 29.7 Å². The summed E-state index contributed by atoms with van der Waals surface area (Å²) in [6.45, 7) is 2.07. The molecule has 0 spiro atoms. The van der Waals surface area contributed by atoms with Gasteiger partial charge in [-0.1, -0.05) is 6.92 Å². The van der Waals surface area contributed by atoms with Crippen molar-refractivity contribution in [2.45, 2.75) is 19.4 Å². The van der Waals surface area contributed by atoms with Crippen LogP contribution in [0.15, 0.2) is 12.1 Å². The van der Waals surface area contributed by atoms with Crippen LogP contribution in [0.2, 0.25) is 0 Å². The molecule has 1 heterocycles. The van der Waals surface area contributed by atoms with E-state index in [4.69, 9.17) is 5.73 Å². The van der Waals surface area contributed by atoms with Crippen LogP contribution in [0.1, 0.15) is 22.7 Å². The third-order valence-corrected chi connectivity index (χ3v) is 3.11. The first kappa shape index (κ1) is 13.4. The predicted octanol–water partition coefficient (Wildman–Crippen LogP) is 1.91. The maximum Gasteiger partial charge on any atom is 0.328 e. The molecule has 0 bridgehead atoms. The van der Waals surface area contributed by atoms with Crippen LogP contribution in [0.25, 0.3) is 0 Å². The number of ether oxygens (including phenoxy) is 1. The summed E-state index contributed by atoms with van der Waals surface area (Å²) in [5, 5.41) is 0. The highest BCUT2D eigenvalue weighted by Crippen LogP contribution is 2.22. The minimum absolute atomic E-state index is 0. The average molecular weight is 236 g/mol. The fourth-order valence-electron chi connectivity index (χ4n) is 0.995. The first-order valence-corrected chi connectivity index (χ1v) is 4.92. The Labute approximate surface area is 93.7 Å². The Morgan fingerprint density at radius 3 is 2.71 bits per heavy atom. The molecular weight excluding hydrogens is 222 g/mol. The Morgan fingerprint density at radius 1 is 1.64 bits per heavy atom.